The van der Waals surface area contributed by atoms with Crippen LogP contribution in [0.1, 0.15) is 84.5 Å². The van der Waals surface area contributed by atoms with E-state index in [2.05, 4.69) is 13.8 Å². The van der Waals surface area contributed by atoms with Gasteiger partial charge in [-0.2, -0.15) is 22.0 Å². The van der Waals surface area contributed by atoms with Gasteiger partial charge in [0.05, 0.1) is 6.61 Å². The van der Waals surface area contributed by atoms with Gasteiger partial charge in [-0.15, -0.1) is 0 Å². The van der Waals surface area contributed by atoms with E-state index in [1.54, 1.807) is 0 Å². The maximum atomic E-state index is 12.9. The second kappa shape index (κ2) is 11.5. The Kier molecular flexibility index (Phi) is 10.4. The number of unbranched alkanes of at least 4 members (excludes halogenated alkanes) is 5. The Hall–Kier alpha value is -0.390. The first kappa shape index (κ1) is 23.6. The maximum Gasteiger partial charge on any atom is 0.453 e. The summed E-state index contributed by atoms with van der Waals surface area (Å²) in [6.45, 7) is 4.12. The van der Waals surface area contributed by atoms with Crippen LogP contribution in [0, 0.1) is 17.8 Å². The minimum Gasteiger partial charge on any atom is -0.381 e. The highest BCUT2D eigenvalue weighted by Crippen LogP contribution is 2.41. The summed E-state index contributed by atoms with van der Waals surface area (Å²) in [6, 6.07) is 0. The van der Waals surface area contributed by atoms with Crippen LogP contribution >= 0.6 is 0 Å². The van der Waals surface area contributed by atoms with Gasteiger partial charge >= 0.3 is 12.1 Å². The fraction of sp³-hybridized carbons (Fsp3) is 1.00. The van der Waals surface area contributed by atoms with Gasteiger partial charge in [0, 0.05) is 13.0 Å². The van der Waals surface area contributed by atoms with Crippen molar-refractivity contribution in [1.82, 2.24) is 0 Å². The lowest BCUT2D eigenvalue weighted by Crippen LogP contribution is -2.37. The molecule has 1 saturated carbocycles. The summed E-state index contributed by atoms with van der Waals surface area (Å²) < 4.78 is 67.6. The Morgan fingerprint density at radius 2 is 1.46 bits per heavy atom. The number of ether oxygens (including phenoxy) is 1. The quantitative estimate of drug-likeness (QED) is 0.237. The second-order valence-corrected chi connectivity index (χ2v) is 7.85. The fourth-order valence-electron chi connectivity index (χ4n) is 3.99. The zero-order chi connectivity index (χ0) is 19.6. The maximum absolute atomic E-state index is 12.9. The monoisotopic (exact) mass is 386 g/mol. The van der Waals surface area contributed by atoms with Crippen LogP contribution in [0.4, 0.5) is 22.0 Å². The Morgan fingerprint density at radius 1 is 0.846 bits per heavy atom. The van der Waals surface area contributed by atoms with Crippen LogP contribution in [0.5, 0.6) is 0 Å². The SMILES string of the molecule is CCCCCCCCC1CC(CC)CC1COCCC(F)(F)C(F)(F)F. The van der Waals surface area contributed by atoms with Crippen molar-refractivity contribution in [2.45, 2.75) is 96.6 Å². The number of alkyl halides is 5. The van der Waals surface area contributed by atoms with Crippen molar-refractivity contribution in [1.29, 1.82) is 0 Å². The molecule has 1 rings (SSSR count). The molecule has 1 fully saturated rings. The van der Waals surface area contributed by atoms with Crippen LogP contribution in [0.15, 0.2) is 0 Å². The van der Waals surface area contributed by atoms with Crippen LogP contribution in [0.3, 0.4) is 0 Å². The molecular weight excluding hydrogens is 351 g/mol. The largest absolute Gasteiger partial charge is 0.453 e. The summed E-state index contributed by atoms with van der Waals surface area (Å²) in [7, 11) is 0. The molecule has 156 valence electrons. The average Bonchev–Trinajstić information content (AvgIpc) is 2.96. The third kappa shape index (κ3) is 8.10. The van der Waals surface area contributed by atoms with E-state index in [0.29, 0.717) is 24.4 Å². The van der Waals surface area contributed by atoms with Crippen LogP contribution in [0.25, 0.3) is 0 Å². The lowest BCUT2D eigenvalue weighted by molar-refractivity contribution is -0.287. The smallest absolute Gasteiger partial charge is 0.381 e. The molecule has 0 saturated heterocycles. The molecule has 0 aromatic carbocycles. The van der Waals surface area contributed by atoms with Crippen LogP contribution in [0.2, 0.25) is 0 Å². The van der Waals surface area contributed by atoms with Crippen molar-refractivity contribution in [3.63, 3.8) is 0 Å². The molecule has 0 amide bonds. The van der Waals surface area contributed by atoms with E-state index in [1.165, 1.54) is 38.5 Å². The summed E-state index contributed by atoms with van der Waals surface area (Å²) in [6.07, 6.45) is 5.01. The molecule has 1 aliphatic carbocycles. The van der Waals surface area contributed by atoms with E-state index in [9.17, 15) is 22.0 Å². The van der Waals surface area contributed by atoms with E-state index in [0.717, 1.165) is 25.7 Å². The highest BCUT2D eigenvalue weighted by molar-refractivity contribution is 4.83. The molecule has 0 spiro atoms. The first-order chi connectivity index (χ1) is 12.2. The lowest BCUT2D eigenvalue weighted by Gasteiger charge is -2.22. The molecule has 6 heteroatoms. The van der Waals surface area contributed by atoms with Gasteiger partial charge in [-0.25, -0.2) is 0 Å². The molecule has 0 bridgehead atoms. The topological polar surface area (TPSA) is 9.23 Å². The van der Waals surface area contributed by atoms with Crippen LogP contribution in [-0.2, 0) is 4.74 Å². The lowest BCUT2D eigenvalue weighted by atomic mass is 9.91. The van der Waals surface area contributed by atoms with Gasteiger partial charge in [0.2, 0.25) is 0 Å². The Morgan fingerprint density at radius 3 is 2.08 bits per heavy atom. The average molecular weight is 386 g/mol. The van der Waals surface area contributed by atoms with Crippen LogP contribution in [-0.4, -0.2) is 25.3 Å². The summed E-state index contributed by atoms with van der Waals surface area (Å²) >= 11 is 0. The van der Waals surface area contributed by atoms with Crippen LogP contribution < -0.4 is 0 Å². The van der Waals surface area contributed by atoms with Gasteiger partial charge in [0.25, 0.3) is 0 Å². The third-order valence-corrected chi connectivity index (χ3v) is 5.75. The predicted molar refractivity (Wildman–Crippen MR) is 94.4 cm³/mol. The molecular formula is C20H35F5O. The van der Waals surface area contributed by atoms with Gasteiger partial charge in [0.1, 0.15) is 0 Å². The molecule has 0 heterocycles. The van der Waals surface area contributed by atoms with Crippen molar-refractivity contribution in [2.75, 3.05) is 13.2 Å². The number of halogens is 5. The fourth-order valence-corrected chi connectivity index (χ4v) is 3.99. The van der Waals surface area contributed by atoms with E-state index < -0.39 is 25.1 Å². The zero-order valence-electron chi connectivity index (χ0n) is 16.2. The standard InChI is InChI=1S/C20H35F5O/c1-3-5-6-7-8-9-10-17-13-16(4-2)14-18(17)15-26-12-11-19(21,22)20(23,24)25/h16-18H,3-15H2,1-2H3. The van der Waals surface area contributed by atoms with E-state index in [-0.39, 0.29) is 0 Å². The predicted octanol–water partition coefficient (Wildman–Crippen LogP) is 7.39. The molecule has 0 aromatic rings. The van der Waals surface area contributed by atoms with Crippen molar-refractivity contribution >= 4 is 0 Å². The molecule has 3 atom stereocenters. The Labute approximate surface area is 155 Å². The molecule has 0 radical (unpaired) electrons. The number of rotatable bonds is 13. The van der Waals surface area contributed by atoms with Gasteiger partial charge < -0.3 is 4.74 Å². The summed E-state index contributed by atoms with van der Waals surface area (Å²) in [4.78, 5) is 0. The van der Waals surface area contributed by atoms with Gasteiger partial charge in [-0.3, -0.25) is 0 Å². The highest BCUT2D eigenvalue weighted by atomic mass is 19.4. The first-order valence-electron chi connectivity index (χ1n) is 10.2. The molecule has 26 heavy (non-hydrogen) atoms. The van der Waals surface area contributed by atoms with E-state index in [1.807, 2.05) is 0 Å². The summed E-state index contributed by atoms with van der Waals surface area (Å²) in [5, 5.41) is 0. The number of hydrogen-bond donors (Lipinski definition) is 0. The van der Waals surface area contributed by atoms with Crippen molar-refractivity contribution < 1.29 is 26.7 Å². The Balaban J connectivity index is 2.30. The van der Waals surface area contributed by atoms with E-state index >= 15 is 0 Å². The molecule has 0 aliphatic heterocycles. The first-order valence-corrected chi connectivity index (χ1v) is 10.2. The minimum absolute atomic E-state index is 0.301. The molecule has 0 aromatic heterocycles. The zero-order valence-corrected chi connectivity index (χ0v) is 16.2. The second-order valence-electron chi connectivity index (χ2n) is 7.85. The molecule has 3 unspecified atom stereocenters. The van der Waals surface area contributed by atoms with E-state index in [4.69, 9.17) is 4.74 Å². The third-order valence-electron chi connectivity index (χ3n) is 5.75. The highest BCUT2D eigenvalue weighted by Gasteiger charge is 2.56. The summed E-state index contributed by atoms with van der Waals surface area (Å²) in [5.74, 6) is -3.21. The van der Waals surface area contributed by atoms with Crippen molar-refractivity contribution in [2.24, 2.45) is 17.8 Å². The molecule has 0 N–H and O–H groups in total. The normalized spacial score (nSPS) is 24.3. The van der Waals surface area contributed by atoms with Crippen molar-refractivity contribution in [3.8, 4) is 0 Å². The number of hydrogen-bond acceptors (Lipinski definition) is 1. The minimum atomic E-state index is -5.49. The van der Waals surface area contributed by atoms with Gasteiger partial charge in [-0.1, -0.05) is 65.2 Å². The molecule has 1 aliphatic rings. The Bertz CT molecular complexity index is 370. The van der Waals surface area contributed by atoms with Gasteiger partial charge in [0.15, 0.2) is 0 Å². The van der Waals surface area contributed by atoms with Gasteiger partial charge in [-0.05, 0) is 30.6 Å². The molecule has 1 nitrogen and oxygen atoms in total. The summed E-state index contributed by atoms with van der Waals surface area (Å²) in [5.41, 5.74) is 0. The van der Waals surface area contributed by atoms with Crippen molar-refractivity contribution in [3.05, 3.63) is 0 Å².